The van der Waals surface area contributed by atoms with Crippen molar-refractivity contribution in [3.63, 3.8) is 0 Å². The number of carbonyl (C=O) groups is 2. The van der Waals surface area contributed by atoms with Crippen LogP contribution in [0.3, 0.4) is 0 Å². The van der Waals surface area contributed by atoms with Gasteiger partial charge in [-0.1, -0.05) is 6.92 Å². The summed E-state index contributed by atoms with van der Waals surface area (Å²) < 4.78 is 0. The standard InChI is InChI=1S/C21H35N3O2/c1-13-17(25)8-11-21(3)16-7-10-20(2)15(14(16)9-12-24(13)21)5-6-18(20)23-19(26)22-4/h13-16,18H,5-12H2,1-4H3,(H2,22,23,26)/t13?,14-,15-,16-,18?,20-,21+/m0/s1. The SMILES string of the molecule is CNC(=O)NC1CC[C@H]2[C@@H]3CCN4C(C)C(=O)CC[C@]4(C)[C@H]3CC[C@]12C. The Kier molecular flexibility index (Phi) is 4.37. The Balaban J connectivity index is 1.57. The van der Waals surface area contributed by atoms with Crippen LogP contribution in [0.15, 0.2) is 0 Å². The molecular formula is C21H35N3O2. The predicted molar refractivity (Wildman–Crippen MR) is 102 cm³/mol. The lowest BCUT2D eigenvalue weighted by Gasteiger charge is -2.62. The second kappa shape index (κ2) is 6.22. The predicted octanol–water partition coefficient (Wildman–Crippen LogP) is 2.94. The van der Waals surface area contributed by atoms with Gasteiger partial charge in [0.25, 0.3) is 0 Å². The summed E-state index contributed by atoms with van der Waals surface area (Å²) in [5, 5.41) is 5.96. The van der Waals surface area contributed by atoms with Gasteiger partial charge in [0, 0.05) is 25.0 Å². The fourth-order valence-corrected chi connectivity index (χ4v) is 7.41. The van der Waals surface area contributed by atoms with Crippen molar-refractivity contribution in [2.45, 2.75) is 83.3 Å². The smallest absolute Gasteiger partial charge is 0.314 e. The minimum Gasteiger partial charge on any atom is -0.341 e. The third-order valence-electron chi connectivity index (χ3n) is 8.94. The molecule has 2 unspecified atom stereocenters. The highest BCUT2D eigenvalue weighted by molar-refractivity contribution is 5.84. The van der Waals surface area contributed by atoms with Gasteiger partial charge in [0.05, 0.1) is 6.04 Å². The van der Waals surface area contributed by atoms with Gasteiger partial charge in [-0.2, -0.15) is 0 Å². The number of nitrogens with zero attached hydrogens (tertiary/aromatic N) is 1. The zero-order chi connectivity index (χ0) is 18.7. The Labute approximate surface area is 157 Å². The summed E-state index contributed by atoms with van der Waals surface area (Å²) in [5.41, 5.74) is 0.409. The molecule has 4 rings (SSSR count). The van der Waals surface area contributed by atoms with Crippen LogP contribution in [-0.2, 0) is 4.79 Å². The van der Waals surface area contributed by atoms with E-state index in [1.165, 1.54) is 25.7 Å². The first-order chi connectivity index (χ1) is 12.3. The van der Waals surface area contributed by atoms with Gasteiger partial charge in [-0.15, -0.1) is 0 Å². The Bertz CT molecular complexity index is 608. The lowest BCUT2D eigenvalue weighted by molar-refractivity contribution is -0.152. The molecule has 0 aromatic heterocycles. The van der Waals surface area contributed by atoms with Crippen LogP contribution in [0, 0.1) is 23.2 Å². The molecule has 0 bridgehead atoms. The van der Waals surface area contributed by atoms with Crippen molar-refractivity contribution in [1.29, 1.82) is 0 Å². The number of hydrogen-bond donors (Lipinski definition) is 2. The summed E-state index contributed by atoms with van der Waals surface area (Å²) in [6.45, 7) is 8.03. The van der Waals surface area contributed by atoms with E-state index in [0.717, 1.165) is 31.7 Å². The van der Waals surface area contributed by atoms with Crippen molar-refractivity contribution in [2.75, 3.05) is 13.6 Å². The fraction of sp³-hybridized carbons (Fsp3) is 0.905. The van der Waals surface area contributed by atoms with Crippen molar-refractivity contribution < 1.29 is 9.59 Å². The van der Waals surface area contributed by atoms with Crippen LogP contribution in [0.4, 0.5) is 4.79 Å². The zero-order valence-corrected chi connectivity index (χ0v) is 16.8. The summed E-state index contributed by atoms with van der Waals surface area (Å²) >= 11 is 0. The van der Waals surface area contributed by atoms with Gasteiger partial charge in [-0.25, -0.2) is 4.79 Å². The number of Topliss-reactive ketones (excluding diaryl/α,β-unsaturated/α-hetero) is 1. The van der Waals surface area contributed by atoms with E-state index < -0.39 is 0 Å². The number of fused-ring (bicyclic) bond motifs is 5. The van der Waals surface area contributed by atoms with Gasteiger partial charge in [0.1, 0.15) is 5.78 Å². The van der Waals surface area contributed by atoms with Crippen molar-refractivity contribution in [2.24, 2.45) is 23.2 Å². The van der Waals surface area contributed by atoms with Crippen LogP contribution >= 0.6 is 0 Å². The molecule has 0 aromatic carbocycles. The molecular weight excluding hydrogens is 326 g/mol. The maximum absolute atomic E-state index is 12.3. The van der Waals surface area contributed by atoms with Crippen molar-refractivity contribution >= 4 is 11.8 Å². The minimum absolute atomic E-state index is 0.0413. The number of amides is 2. The van der Waals surface area contributed by atoms with Crippen molar-refractivity contribution in [1.82, 2.24) is 15.5 Å². The van der Waals surface area contributed by atoms with Crippen LogP contribution < -0.4 is 10.6 Å². The summed E-state index contributed by atoms with van der Waals surface area (Å²) in [7, 11) is 1.70. The first kappa shape index (κ1) is 18.3. The average molecular weight is 362 g/mol. The van der Waals surface area contributed by atoms with Crippen LogP contribution in [-0.4, -0.2) is 47.9 Å². The molecule has 2 amide bonds. The maximum atomic E-state index is 12.3. The molecule has 5 heteroatoms. The quantitative estimate of drug-likeness (QED) is 0.755. The molecule has 2 N–H and O–H groups in total. The van der Waals surface area contributed by atoms with Crippen molar-refractivity contribution in [3.05, 3.63) is 0 Å². The molecule has 2 saturated heterocycles. The molecule has 4 fully saturated rings. The van der Waals surface area contributed by atoms with Gasteiger partial charge in [0.2, 0.25) is 0 Å². The molecule has 5 nitrogen and oxygen atoms in total. The summed E-state index contributed by atoms with van der Waals surface area (Å²) in [6, 6.07) is 0.348. The fourth-order valence-electron chi connectivity index (χ4n) is 7.41. The van der Waals surface area contributed by atoms with Gasteiger partial charge in [-0.3, -0.25) is 9.69 Å². The highest BCUT2D eigenvalue weighted by Crippen LogP contribution is 2.61. The van der Waals surface area contributed by atoms with Crippen LogP contribution in [0.1, 0.15) is 65.7 Å². The van der Waals surface area contributed by atoms with E-state index in [9.17, 15) is 9.59 Å². The van der Waals surface area contributed by atoms with Gasteiger partial charge >= 0.3 is 6.03 Å². The van der Waals surface area contributed by atoms with Crippen LogP contribution in [0.25, 0.3) is 0 Å². The highest BCUT2D eigenvalue weighted by atomic mass is 16.2. The zero-order valence-electron chi connectivity index (χ0n) is 16.8. The molecule has 4 aliphatic rings. The number of piperidine rings is 2. The van der Waals surface area contributed by atoms with Gasteiger partial charge < -0.3 is 10.6 Å². The second-order valence-electron chi connectivity index (χ2n) is 9.76. The third kappa shape index (κ3) is 2.45. The van der Waals surface area contributed by atoms with E-state index >= 15 is 0 Å². The molecule has 0 radical (unpaired) electrons. The summed E-state index contributed by atoms with van der Waals surface area (Å²) in [6.07, 6.45) is 7.76. The van der Waals surface area contributed by atoms with Gasteiger partial charge in [0.15, 0.2) is 0 Å². The van der Waals surface area contributed by atoms with E-state index in [4.69, 9.17) is 0 Å². The van der Waals surface area contributed by atoms with E-state index in [2.05, 4.69) is 36.3 Å². The largest absolute Gasteiger partial charge is 0.341 e. The van der Waals surface area contributed by atoms with Crippen molar-refractivity contribution in [3.8, 4) is 0 Å². The van der Waals surface area contributed by atoms with E-state index in [0.29, 0.717) is 23.7 Å². The number of hydrogen-bond acceptors (Lipinski definition) is 3. The Hall–Kier alpha value is -1.10. The molecule has 26 heavy (non-hydrogen) atoms. The second-order valence-corrected chi connectivity index (χ2v) is 9.76. The number of rotatable bonds is 1. The van der Waals surface area contributed by atoms with Crippen LogP contribution in [0.2, 0.25) is 0 Å². The molecule has 0 aromatic rings. The van der Waals surface area contributed by atoms with Crippen LogP contribution in [0.5, 0.6) is 0 Å². The molecule has 2 aliphatic carbocycles. The number of carbonyl (C=O) groups excluding carboxylic acids is 2. The Morgan fingerprint density at radius 2 is 1.88 bits per heavy atom. The topological polar surface area (TPSA) is 61.4 Å². The van der Waals surface area contributed by atoms with E-state index in [1.54, 1.807) is 7.05 Å². The first-order valence-electron chi connectivity index (χ1n) is 10.6. The number of ketones is 1. The lowest BCUT2D eigenvalue weighted by Crippen LogP contribution is -2.67. The van der Waals surface area contributed by atoms with Gasteiger partial charge in [-0.05, 0) is 82.1 Å². The lowest BCUT2D eigenvalue weighted by atomic mass is 9.52. The third-order valence-corrected chi connectivity index (χ3v) is 8.94. The molecule has 146 valence electrons. The normalized spacial score (nSPS) is 48.3. The molecule has 2 saturated carbocycles. The molecule has 2 aliphatic heterocycles. The van der Waals surface area contributed by atoms with E-state index in [-0.39, 0.29) is 23.0 Å². The average Bonchev–Trinajstić information content (AvgIpc) is 2.95. The Morgan fingerprint density at radius 1 is 1.12 bits per heavy atom. The summed E-state index contributed by atoms with van der Waals surface area (Å²) in [4.78, 5) is 26.7. The highest BCUT2D eigenvalue weighted by Gasteiger charge is 2.60. The molecule has 2 heterocycles. The molecule has 7 atom stereocenters. The molecule has 0 spiro atoms. The number of urea groups is 1. The first-order valence-corrected chi connectivity index (χ1v) is 10.6. The Morgan fingerprint density at radius 3 is 2.62 bits per heavy atom. The minimum atomic E-state index is -0.0413. The van der Waals surface area contributed by atoms with E-state index in [1.807, 2.05) is 0 Å². The monoisotopic (exact) mass is 361 g/mol. The summed E-state index contributed by atoms with van der Waals surface area (Å²) in [5.74, 6) is 2.57. The maximum Gasteiger partial charge on any atom is 0.314 e. The number of nitrogens with one attached hydrogen (secondary N) is 2.